The van der Waals surface area contributed by atoms with Crippen molar-refractivity contribution in [2.24, 2.45) is 0 Å². The first-order valence-electron chi connectivity index (χ1n) is 7.11. The molecule has 1 aliphatic carbocycles. The molecule has 20 heavy (non-hydrogen) atoms. The molecular weight excluding hydrogens is 314 g/mol. The van der Waals surface area contributed by atoms with Gasteiger partial charge in [0.05, 0.1) is 0 Å². The summed E-state index contributed by atoms with van der Waals surface area (Å²) in [4.78, 5) is 9.36. The third-order valence-corrected chi connectivity index (χ3v) is 3.89. The largest absolute Gasteiger partial charge is 0.370 e. The van der Waals surface area contributed by atoms with Gasteiger partial charge in [0.1, 0.15) is 11.6 Å². The van der Waals surface area contributed by atoms with Crippen LogP contribution in [0.3, 0.4) is 0 Å². The molecule has 1 aliphatic rings. The maximum absolute atomic E-state index is 4.74. The van der Waals surface area contributed by atoms with Crippen LogP contribution in [0.5, 0.6) is 0 Å². The van der Waals surface area contributed by atoms with Gasteiger partial charge in [0.2, 0.25) is 0 Å². The molecule has 1 aromatic carbocycles. The van der Waals surface area contributed by atoms with Crippen LogP contribution in [0.1, 0.15) is 42.8 Å². The van der Waals surface area contributed by atoms with Crippen molar-refractivity contribution in [1.82, 2.24) is 9.97 Å². The lowest BCUT2D eigenvalue weighted by Gasteiger charge is -2.09. The molecule has 1 aromatic heterocycles. The molecule has 0 spiro atoms. The Hall–Kier alpha value is -1.42. The summed E-state index contributed by atoms with van der Waals surface area (Å²) >= 11 is 3.51. The van der Waals surface area contributed by atoms with Crippen molar-refractivity contribution < 1.29 is 0 Å². The molecule has 3 nitrogen and oxygen atoms in total. The van der Waals surface area contributed by atoms with E-state index >= 15 is 0 Å². The summed E-state index contributed by atoms with van der Waals surface area (Å²) in [5.41, 5.74) is 2.43. The minimum atomic E-state index is 0.650. The summed E-state index contributed by atoms with van der Waals surface area (Å²) in [5.74, 6) is 2.51. The number of nitrogens with zero attached hydrogens (tertiary/aromatic N) is 2. The number of hydrogen-bond acceptors (Lipinski definition) is 3. The van der Waals surface area contributed by atoms with Crippen LogP contribution >= 0.6 is 15.9 Å². The van der Waals surface area contributed by atoms with Crippen LogP contribution in [0, 0.1) is 0 Å². The second-order valence-electron chi connectivity index (χ2n) is 5.21. The van der Waals surface area contributed by atoms with Crippen LogP contribution in [0.2, 0.25) is 0 Å². The third-order valence-electron chi connectivity index (χ3n) is 3.40. The van der Waals surface area contributed by atoms with Crippen LogP contribution in [-0.4, -0.2) is 16.5 Å². The highest BCUT2D eigenvalue weighted by Gasteiger charge is 2.26. The zero-order chi connectivity index (χ0) is 13.9. The average Bonchev–Trinajstić information content (AvgIpc) is 3.23. The lowest BCUT2D eigenvalue weighted by molar-refractivity contribution is 0.897. The number of hydrogen-bond donors (Lipinski definition) is 1. The number of rotatable bonds is 5. The predicted molar refractivity (Wildman–Crippen MR) is 85.1 cm³/mol. The van der Waals surface area contributed by atoms with Crippen LogP contribution in [0.25, 0.3) is 0 Å². The van der Waals surface area contributed by atoms with Gasteiger partial charge in [-0.05, 0) is 37.5 Å². The van der Waals surface area contributed by atoms with Crippen LogP contribution < -0.4 is 5.32 Å². The molecule has 4 heteroatoms. The molecule has 104 valence electrons. The molecule has 1 N–H and O–H groups in total. The van der Waals surface area contributed by atoms with E-state index in [0.29, 0.717) is 5.92 Å². The van der Waals surface area contributed by atoms with Crippen molar-refractivity contribution in [3.05, 3.63) is 51.9 Å². The Morgan fingerprint density at radius 3 is 2.80 bits per heavy atom. The first-order chi connectivity index (χ1) is 9.74. The first-order valence-corrected chi connectivity index (χ1v) is 7.90. The smallest absolute Gasteiger partial charge is 0.135 e. The van der Waals surface area contributed by atoms with Gasteiger partial charge in [-0.3, -0.25) is 0 Å². The van der Waals surface area contributed by atoms with Gasteiger partial charge in [-0.15, -0.1) is 0 Å². The molecule has 1 heterocycles. The monoisotopic (exact) mass is 331 g/mol. The molecule has 0 atom stereocenters. The molecule has 0 radical (unpaired) electrons. The van der Waals surface area contributed by atoms with E-state index in [4.69, 9.17) is 4.98 Å². The van der Waals surface area contributed by atoms with Gasteiger partial charge in [-0.25, -0.2) is 9.97 Å². The minimum Gasteiger partial charge on any atom is -0.370 e. The van der Waals surface area contributed by atoms with E-state index in [1.165, 1.54) is 24.1 Å². The first kappa shape index (κ1) is 13.6. The van der Waals surface area contributed by atoms with Crippen LogP contribution in [0.4, 0.5) is 5.82 Å². The number of nitrogens with one attached hydrogen (secondary N) is 1. The molecule has 3 rings (SSSR count). The quantitative estimate of drug-likeness (QED) is 0.894. The van der Waals surface area contributed by atoms with E-state index < -0.39 is 0 Å². The Kier molecular flexibility index (Phi) is 4.01. The Morgan fingerprint density at radius 1 is 1.25 bits per heavy atom. The van der Waals surface area contributed by atoms with E-state index in [1.54, 1.807) is 0 Å². The molecule has 0 saturated heterocycles. The summed E-state index contributed by atoms with van der Waals surface area (Å²) in [5, 5.41) is 3.31. The topological polar surface area (TPSA) is 37.8 Å². The molecule has 0 amide bonds. The second kappa shape index (κ2) is 5.92. The summed E-state index contributed by atoms with van der Waals surface area (Å²) < 4.78 is 1.10. The van der Waals surface area contributed by atoms with Crippen LogP contribution in [-0.2, 0) is 6.42 Å². The zero-order valence-electron chi connectivity index (χ0n) is 11.6. The van der Waals surface area contributed by atoms with Gasteiger partial charge in [0.25, 0.3) is 0 Å². The fourth-order valence-electron chi connectivity index (χ4n) is 2.29. The average molecular weight is 332 g/mol. The van der Waals surface area contributed by atoms with Crippen molar-refractivity contribution in [2.75, 3.05) is 11.9 Å². The maximum Gasteiger partial charge on any atom is 0.135 e. The van der Waals surface area contributed by atoms with Crippen molar-refractivity contribution in [3.63, 3.8) is 0 Å². The highest BCUT2D eigenvalue weighted by atomic mass is 79.9. The molecule has 1 saturated carbocycles. The normalized spacial score (nSPS) is 14.3. The Bertz CT molecular complexity index is 608. The molecule has 0 aliphatic heterocycles. The standard InChI is InChI=1S/C16H18BrN3/c1-2-18-15-10-14(12-6-7-12)19-16(20-15)9-11-4-3-5-13(17)8-11/h3-5,8,10,12H,2,6-7,9H2,1H3,(H,18,19,20). The summed E-state index contributed by atoms with van der Waals surface area (Å²) in [6, 6.07) is 10.4. The Balaban J connectivity index is 1.87. The van der Waals surface area contributed by atoms with E-state index in [2.05, 4.69) is 57.4 Å². The summed E-state index contributed by atoms with van der Waals surface area (Å²) in [7, 11) is 0. The minimum absolute atomic E-state index is 0.650. The van der Waals surface area contributed by atoms with Gasteiger partial charge < -0.3 is 5.32 Å². The van der Waals surface area contributed by atoms with Crippen molar-refractivity contribution in [3.8, 4) is 0 Å². The van der Waals surface area contributed by atoms with Gasteiger partial charge in [-0.1, -0.05) is 28.1 Å². The van der Waals surface area contributed by atoms with Crippen molar-refractivity contribution in [1.29, 1.82) is 0 Å². The SMILES string of the molecule is CCNc1cc(C2CC2)nc(Cc2cccc(Br)c2)n1. The second-order valence-corrected chi connectivity index (χ2v) is 6.12. The summed E-state index contributed by atoms with van der Waals surface area (Å²) in [6.07, 6.45) is 3.30. The maximum atomic E-state index is 4.74. The zero-order valence-corrected chi connectivity index (χ0v) is 13.2. The van der Waals surface area contributed by atoms with E-state index in [9.17, 15) is 0 Å². The number of benzene rings is 1. The number of aromatic nitrogens is 2. The molecule has 2 aromatic rings. The molecule has 0 bridgehead atoms. The lowest BCUT2D eigenvalue weighted by Crippen LogP contribution is -2.06. The Labute approximate surface area is 128 Å². The fraction of sp³-hybridized carbons (Fsp3) is 0.375. The van der Waals surface area contributed by atoms with Crippen molar-refractivity contribution >= 4 is 21.7 Å². The highest BCUT2D eigenvalue weighted by molar-refractivity contribution is 9.10. The van der Waals surface area contributed by atoms with Gasteiger partial charge in [0, 0.05) is 35.1 Å². The van der Waals surface area contributed by atoms with E-state index in [1.807, 2.05) is 6.07 Å². The third kappa shape index (κ3) is 3.37. The highest BCUT2D eigenvalue weighted by Crippen LogP contribution is 2.39. The lowest BCUT2D eigenvalue weighted by atomic mass is 10.1. The summed E-state index contributed by atoms with van der Waals surface area (Å²) in [6.45, 7) is 2.98. The van der Waals surface area contributed by atoms with Gasteiger partial charge in [-0.2, -0.15) is 0 Å². The number of halogens is 1. The van der Waals surface area contributed by atoms with Gasteiger partial charge in [0.15, 0.2) is 0 Å². The molecule has 1 fully saturated rings. The molecular formula is C16H18BrN3. The predicted octanol–water partition coefficient (Wildman–Crippen LogP) is 4.14. The van der Waals surface area contributed by atoms with E-state index in [0.717, 1.165) is 29.1 Å². The number of anilines is 1. The van der Waals surface area contributed by atoms with Crippen molar-refractivity contribution in [2.45, 2.75) is 32.1 Å². The van der Waals surface area contributed by atoms with Gasteiger partial charge >= 0.3 is 0 Å². The Morgan fingerprint density at radius 2 is 2.10 bits per heavy atom. The fourth-order valence-corrected chi connectivity index (χ4v) is 2.73. The van der Waals surface area contributed by atoms with Crippen LogP contribution in [0.15, 0.2) is 34.8 Å². The van der Waals surface area contributed by atoms with E-state index in [-0.39, 0.29) is 0 Å². The molecule has 0 unspecified atom stereocenters.